The molecule has 0 radical (unpaired) electrons. The zero-order valence-corrected chi connectivity index (χ0v) is 9.62. The minimum atomic E-state index is -0.00430. The third-order valence-corrected chi connectivity index (χ3v) is 4.04. The maximum atomic E-state index is 11.6. The van der Waals surface area contributed by atoms with Crippen LogP contribution in [-0.4, -0.2) is 28.3 Å². The van der Waals surface area contributed by atoms with E-state index in [9.17, 15) is 4.79 Å². The Labute approximate surface area is 88.8 Å². The van der Waals surface area contributed by atoms with E-state index < -0.39 is 0 Å². The van der Waals surface area contributed by atoms with Crippen LogP contribution in [-0.2, 0) is 4.79 Å². The summed E-state index contributed by atoms with van der Waals surface area (Å²) in [5.41, 5.74) is 0. The van der Waals surface area contributed by atoms with Crippen LogP contribution in [0.15, 0.2) is 0 Å². The van der Waals surface area contributed by atoms with Gasteiger partial charge < -0.3 is 5.32 Å². The second-order valence-corrected chi connectivity index (χ2v) is 5.48. The molecule has 1 rings (SSSR count). The van der Waals surface area contributed by atoms with Gasteiger partial charge in [0, 0.05) is 6.04 Å². The Morgan fingerprint density at radius 3 is 2.77 bits per heavy atom. The van der Waals surface area contributed by atoms with Crippen molar-refractivity contribution in [1.82, 2.24) is 5.32 Å². The summed E-state index contributed by atoms with van der Waals surface area (Å²) in [5, 5.41) is 3.09. The number of amides is 1. The average molecular weight is 222 g/mol. The fraction of sp³-hybridized carbons (Fsp3) is 0.889. The first-order valence-electron chi connectivity index (χ1n) is 4.67. The summed E-state index contributed by atoms with van der Waals surface area (Å²) in [6.07, 6.45) is 2.17. The molecule has 1 heterocycles. The fourth-order valence-corrected chi connectivity index (χ4v) is 2.45. The van der Waals surface area contributed by atoms with Crippen molar-refractivity contribution in [3.63, 3.8) is 0 Å². The molecule has 0 aromatic carbocycles. The van der Waals surface area contributed by atoms with Crippen LogP contribution in [0.25, 0.3) is 0 Å². The molecule has 0 aromatic rings. The lowest BCUT2D eigenvalue weighted by Gasteiger charge is -2.18. The van der Waals surface area contributed by atoms with Gasteiger partial charge in [-0.3, -0.25) is 4.79 Å². The van der Waals surface area contributed by atoms with E-state index >= 15 is 0 Å². The average Bonchev–Trinajstić information content (AvgIpc) is 2.55. The topological polar surface area (TPSA) is 29.1 Å². The molecule has 1 aliphatic rings. The summed E-state index contributed by atoms with van der Waals surface area (Å²) in [6.45, 7) is 3.84. The summed E-state index contributed by atoms with van der Waals surface area (Å²) < 4.78 is 0. The molecule has 3 unspecified atom stereocenters. The van der Waals surface area contributed by atoms with Crippen LogP contribution in [0.5, 0.6) is 0 Å². The highest BCUT2D eigenvalue weighted by atomic mass is 35.5. The summed E-state index contributed by atoms with van der Waals surface area (Å²) in [5.74, 6) is 1.27. The van der Waals surface area contributed by atoms with Crippen LogP contribution in [0.3, 0.4) is 0 Å². The predicted molar refractivity (Wildman–Crippen MR) is 58.4 cm³/mol. The lowest BCUT2D eigenvalue weighted by atomic mass is 10.2. The molecule has 1 aliphatic heterocycles. The van der Waals surface area contributed by atoms with Gasteiger partial charge in [-0.25, -0.2) is 0 Å². The second kappa shape index (κ2) is 5.11. The van der Waals surface area contributed by atoms with Gasteiger partial charge in [-0.05, 0) is 32.4 Å². The van der Waals surface area contributed by atoms with Gasteiger partial charge in [0.2, 0.25) is 5.91 Å². The molecule has 0 spiro atoms. The number of hydrogen-bond acceptors (Lipinski definition) is 2. The normalized spacial score (nSPS) is 26.8. The zero-order valence-electron chi connectivity index (χ0n) is 8.05. The number of rotatable bonds is 3. The zero-order chi connectivity index (χ0) is 9.84. The van der Waals surface area contributed by atoms with Crippen molar-refractivity contribution in [1.29, 1.82) is 0 Å². The number of halogens is 1. The van der Waals surface area contributed by atoms with Crippen molar-refractivity contribution in [2.45, 2.75) is 43.4 Å². The second-order valence-electron chi connectivity index (χ2n) is 3.48. The molecule has 1 N–H and O–H groups in total. The smallest absolute Gasteiger partial charge is 0.233 e. The third kappa shape index (κ3) is 3.39. The number of thioether (sulfide) groups is 1. The monoisotopic (exact) mass is 221 g/mol. The van der Waals surface area contributed by atoms with Crippen molar-refractivity contribution < 1.29 is 4.79 Å². The lowest BCUT2D eigenvalue weighted by Crippen LogP contribution is -2.41. The van der Waals surface area contributed by atoms with Gasteiger partial charge in [0.25, 0.3) is 0 Å². The van der Waals surface area contributed by atoms with Crippen molar-refractivity contribution in [2.24, 2.45) is 0 Å². The Morgan fingerprint density at radius 1 is 1.62 bits per heavy atom. The molecule has 2 nitrogen and oxygen atoms in total. The summed E-state index contributed by atoms with van der Waals surface area (Å²) in [7, 11) is 0. The van der Waals surface area contributed by atoms with Crippen LogP contribution in [0.2, 0.25) is 0 Å². The molecule has 0 aliphatic carbocycles. The maximum absolute atomic E-state index is 11.6. The molecule has 76 valence electrons. The third-order valence-electron chi connectivity index (χ3n) is 2.28. The van der Waals surface area contributed by atoms with Crippen LogP contribution in [0.1, 0.15) is 26.7 Å². The molecule has 0 aromatic heterocycles. The quantitative estimate of drug-likeness (QED) is 0.739. The molecule has 13 heavy (non-hydrogen) atoms. The first-order chi connectivity index (χ1) is 6.11. The highest BCUT2D eigenvalue weighted by Gasteiger charge is 2.24. The SMILES string of the molecule is CC(Cl)C(C)NC(=O)C1CCCS1. The minimum absolute atomic E-state index is 0.00430. The fourth-order valence-electron chi connectivity index (χ4n) is 1.22. The van der Waals surface area contributed by atoms with Gasteiger partial charge in [-0.15, -0.1) is 23.4 Å². The maximum Gasteiger partial charge on any atom is 0.233 e. The van der Waals surface area contributed by atoms with Crippen LogP contribution in [0, 0.1) is 0 Å². The van der Waals surface area contributed by atoms with Gasteiger partial charge in [-0.1, -0.05) is 0 Å². The Hall–Kier alpha value is 0.110. The van der Waals surface area contributed by atoms with E-state index in [0.717, 1.165) is 18.6 Å². The number of hydrogen-bond donors (Lipinski definition) is 1. The van der Waals surface area contributed by atoms with E-state index in [1.807, 2.05) is 13.8 Å². The van der Waals surface area contributed by atoms with Crippen molar-refractivity contribution in [3.8, 4) is 0 Å². The summed E-state index contributed by atoms with van der Waals surface area (Å²) in [4.78, 5) is 11.6. The van der Waals surface area contributed by atoms with E-state index in [4.69, 9.17) is 11.6 Å². The molecular formula is C9H16ClNOS. The first kappa shape index (κ1) is 11.2. The van der Waals surface area contributed by atoms with Crippen molar-refractivity contribution in [2.75, 3.05) is 5.75 Å². The Kier molecular flexibility index (Phi) is 4.39. The van der Waals surface area contributed by atoms with Gasteiger partial charge in [0.05, 0.1) is 10.6 Å². The van der Waals surface area contributed by atoms with Crippen molar-refractivity contribution in [3.05, 3.63) is 0 Å². The Morgan fingerprint density at radius 2 is 2.31 bits per heavy atom. The van der Waals surface area contributed by atoms with Crippen LogP contribution >= 0.6 is 23.4 Å². The van der Waals surface area contributed by atoms with Gasteiger partial charge in [-0.2, -0.15) is 0 Å². The molecule has 4 heteroatoms. The van der Waals surface area contributed by atoms with Crippen molar-refractivity contribution >= 4 is 29.3 Å². The summed E-state index contributed by atoms with van der Waals surface area (Å²) >= 11 is 7.61. The molecule has 0 bridgehead atoms. The van der Waals surface area contributed by atoms with E-state index in [-0.39, 0.29) is 22.6 Å². The van der Waals surface area contributed by atoms with E-state index in [1.54, 1.807) is 11.8 Å². The lowest BCUT2D eigenvalue weighted by molar-refractivity contribution is -0.121. The molecule has 1 fully saturated rings. The predicted octanol–water partition coefficient (Wildman–Crippen LogP) is 2.01. The number of nitrogens with one attached hydrogen (secondary N) is 1. The Balaban J connectivity index is 2.31. The van der Waals surface area contributed by atoms with E-state index in [2.05, 4.69) is 5.32 Å². The van der Waals surface area contributed by atoms with E-state index in [1.165, 1.54) is 0 Å². The van der Waals surface area contributed by atoms with Crippen LogP contribution in [0.4, 0.5) is 0 Å². The van der Waals surface area contributed by atoms with Crippen LogP contribution < -0.4 is 5.32 Å². The van der Waals surface area contributed by atoms with Gasteiger partial charge >= 0.3 is 0 Å². The number of carbonyl (C=O) groups excluding carboxylic acids is 1. The first-order valence-corrected chi connectivity index (χ1v) is 6.16. The van der Waals surface area contributed by atoms with Gasteiger partial charge in [0.1, 0.15) is 0 Å². The highest BCUT2D eigenvalue weighted by Crippen LogP contribution is 2.26. The molecule has 1 saturated heterocycles. The standard InChI is InChI=1S/C9H16ClNOS/c1-6(10)7(2)11-9(12)8-4-3-5-13-8/h6-8H,3-5H2,1-2H3,(H,11,12). The number of alkyl halides is 1. The highest BCUT2D eigenvalue weighted by molar-refractivity contribution is 8.00. The number of carbonyl (C=O) groups is 1. The summed E-state index contributed by atoms with van der Waals surface area (Å²) in [6, 6.07) is 0.0652. The molecule has 0 saturated carbocycles. The Bertz CT molecular complexity index is 180. The molecule has 3 atom stereocenters. The molecule has 1 amide bonds. The minimum Gasteiger partial charge on any atom is -0.351 e. The van der Waals surface area contributed by atoms with Gasteiger partial charge in [0.15, 0.2) is 0 Å². The molecular weight excluding hydrogens is 206 g/mol. The largest absolute Gasteiger partial charge is 0.351 e. The van der Waals surface area contributed by atoms with E-state index in [0.29, 0.717) is 0 Å².